The van der Waals surface area contributed by atoms with E-state index >= 15 is 0 Å². The van der Waals surface area contributed by atoms with E-state index in [9.17, 15) is 13.2 Å². The van der Waals surface area contributed by atoms with Crippen molar-refractivity contribution in [3.05, 3.63) is 59.2 Å². The van der Waals surface area contributed by atoms with Crippen molar-refractivity contribution in [3.63, 3.8) is 0 Å². The summed E-state index contributed by atoms with van der Waals surface area (Å²) in [7, 11) is 0. The number of benzene rings is 1. The number of hydrogen-bond donors (Lipinski definition) is 1. The number of anilines is 2. The van der Waals surface area contributed by atoms with Gasteiger partial charge < -0.3 is 10.1 Å². The highest BCUT2D eigenvalue weighted by Gasteiger charge is 2.31. The average molecular weight is 444 g/mol. The van der Waals surface area contributed by atoms with Crippen molar-refractivity contribution in [2.24, 2.45) is 0 Å². The zero-order valence-electron chi connectivity index (χ0n) is 17.6. The number of aryl methyl sites for hydroxylation is 4. The Morgan fingerprint density at radius 1 is 0.781 bits per heavy atom. The van der Waals surface area contributed by atoms with Crippen LogP contribution in [-0.4, -0.2) is 40.9 Å². The van der Waals surface area contributed by atoms with Crippen molar-refractivity contribution in [3.8, 4) is 17.6 Å². The third kappa shape index (κ3) is 4.68. The number of halogens is 3. The molecule has 0 bridgehead atoms. The van der Waals surface area contributed by atoms with Gasteiger partial charge >= 0.3 is 6.36 Å². The van der Waals surface area contributed by atoms with E-state index < -0.39 is 6.36 Å². The summed E-state index contributed by atoms with van der Waals surface area (Å²) in [5, 5.41) is 11.8. The molecule has 3 heterocycles. The Hall–Kier alpha value is -3.96. The number of nitrogens with zero attached hydrogens (tertiary/aromatic N) is 7. The minimum Gasteiger partial charge on any atom is -0.406 e. The van der Waals surface area contributed by atoms with Gasteiger partial charge in [-0.2, -0.15) is 25.1 Å². The lowest BCUT2D eigenvalue weighted by atomic mass is 10.3. The summed E-state index contributed by atoms with van der Waals surface area (Å²) in [6.45, 7) is 7.46. The molecule has 9 nitrogen and oxygen atoms in total. The van der Waals surface area contributed by atoms with Crippen molar-refractivity contribution in [2.45, 2.75) is 34.1 Å². The monoisotopic (exact) mass is 444 g/mol. The molecule has 0 radical (unpaired) electrons. The Morgan fingerprint density at radius 3 is 1.69 bits per heavy atom. The van der Waals surface area contributed by atoms with Gasteiger partial charge in [-0.05, 0) is 64.1 Å². The van der Waals surface area contributed by atoms with Gasteiger partial charge in [-0.15, -0.1) is 13.2 Å². The van der Waals surface area contributed by atoms with Crippen molar-refractivity contribution in [1.82, 2.24) is 34.5 Å². The number of hydrogen-bond acceptors (Lipinski definition) is 7. The molecule has 0 aliphatic carbocycles. The Bertz CT molecular complexity index is 1200. The molecule has 1 N–H and O–H groups in total. The zero-order chi connectivity index (χ0) is 23.0. The fraction of sp³-hybridized carbons (Fsp3) is 0.250. The summed E-state index contributed by atoms with van der Waals surface area (Å²) in [6, 6.07) is 9.02. The minimum absolute atomic E-state index is 0.176. The second-order valence-corrected chi connectivity index (χ2v) is 7.13. The SMILES string of the molecule is Cc1cc(C)n(-c2nc(Nc3ccc(OC(F)(F)F)cc3)nc(-n3nc(C)cc3C)n2)n1. The molecule has 0 unspecified atom stereocenters. The first-order chi connectivity index (χ1) is 15.1. The fourth-order valence-electron chi connectivity index (χ4n) is 3.13. The molecule has 0 atom stereocenters. The number of ether oxygens (including phenoxy) is 1. The van der Waals surface area contributed by atoms with E-state index in [-0.39, 0.29) is 23.6 Å². The molecule has 3 aromatic heterocycles. The van der Waals surface area contributed by atoms with Crippen LogP contribution in [0.25, 0.3) is 11.9 Å². The summed E-state index contributed by atoms with van der Waals surface area (Å²) in [6.07, 6.45) is -4.76. The molecule has 0 fully saturated rings. The molecule has 0 saturated heterocycles. The number of aromatic nitrogens is 7. The average Bonchev–Trinajstić information content (AvgIpc) is 3.22. The Balaban J connectivity index is 1.72. The number of nitrogens with one attached hydrogen (secondary N) is 1. The predicted molar refractivity (Wildman–Crippen MR) is 109 cm³/mol. The van der Waals surface area contributed by atoms with Crippen LogP contribution in [0, 0.1) is 27.7 Å². The van der Waals surface area contributed by atoms with E-state index in [1.807, 2.05) is 39.8 Å². The fourth-order valence-corrected chi connectivity index (χ4v) is 3.13. The molecule has 4 aromatic rings. The lowest BCUT2D eigenvalue weighted by Crippen LogP contribution is -2.17. The first-order valence-corrected chi connectivity index (χ1v) is 9.53. The molecule has 12 heteroatoms. The van der Waals surface area contributed by atoms with Crippen LogP contribution in [-0.2, 0) is 0 Å². The summed E-state index contributed by atoms with van der Waals surface area (Å²) in [4.78, 5) is 13.4. The lowest BCUT2D eigenvalue weighted by molar-refractivity contribution is -0.274. The molecule has 0 aliphatic rings. The maximum Gasteiger partial charge on any atom is 0.573 e. The van der Waals surface area contributed by atoms with Gasteiger partial charge in [0.1, 0.15) is 5.75 Å². The summed E-state index contributed by atoms with van der Waals surface area (Å²) >= 11 is 0. The second kappa shape index (κ2) is 7.94. The van der Waals surface area contributed by atoms with Crippen LogP contribution < -0.4 is 10.1 Å². The largest absolute Gasteiger partial charge is 0.573 e. The predicted octanol–water partition coefficient (Wildman–Crippen LogP) is 4.12. The number of alkyl halides is 3. The smallest absolute Gasteiger partial charge is 0.406 e. The normalized spacial score (nSPS) is 11.6. The van der Waals surface area contributed by atoms with Crippen LogP contribution in [0.2, 0.25) is 0 Å². The molecule has 4 rings (SSSR count). The molecule has 166 valence electrons. The summed E-state index contributed by atoms with van der Waals surface area (Å²) < 4.78 is 44.2. The highest BCUT2D eigenvalue weighted by atomic mass is 19.4. The molecule has 1 aromatic carbocycles. The van der Waals surface area contributed by atoms with E-state index in [1.165, 1.54) is 24.3 Å². The summed E-state index contributed by atoms with van der Waals surface area (Å²) in [5.41, 5.74) is 3.71. The standard InChI is InChI=1S/C20H19F3N8O/c1-11-9-13(3)30(28-11)18-25-17(26-19(27-18)31-14(4)10-12(2)29-31)24-15-5-7-16(8-6-15)32-20(21,22)23/h5-10H,1-4H3,(H,24,25,26,27). The van der Waals surface area contributed by atoms with Gasteiger partial charge in [-0.25, -0.2) is 9.36 Å². The Kier molecular flexibility index (Phi) is 5.28. The topological polar surface area (TPSA) is 95.6 Å². The van der Waals surface area contributed by atoms with E-state index in [4.69, 9.17) is 0 Å². The van der Waals surface area contributed by atoms with Crippen LogP contribution in [0.5, 0.6) is 5.75 Å². The van der Waals surface area contributed by atoms with Gasteiger partial charge in [0.2, 0.25) is 5.95 Å². The maximum atomic E-state index is 12.4. The third-order valence-electron chi connectivity index (χ3n) is 4.35. The van der Waals surface area contributed by atoms with Crippen molar-refractivity contribution in [1.29, 1.82) is 0 Å². The maximum absolute atomic E-state index is 12.4. The van der Waals surface area contributed by atoms with Crippen LogP contribution in [0.4, 0.5) is 24.8 Å². The van der Waals surface area contributed by atoms with Crippen molar-refractivity contribution < 1.29 is 17.9 Å². The van der Waals surface area contributed by atoms with Gasteiger partial charge in [0.05, 0.1) is 11.4 Å². The molecule has 0 aliphatic heterocycles. The molecule has 0 spiro atoms. The van der Waals surface area contributed by atoms with Gasteiger partial charge in [-0.3, -0.25) is 0 Å². The van der Waals surface area contributed by atoms with Crippen molar-refractivity contribution in [2.75, 3.05) is 5.32 Å². The Morgan fingerprint density at radius 2 is 1.28 bits per heavy atom. The molecule has 0 saturated carbocycles. The van der Waals surface area contributed by atoms with Gasteiger partial charge in [-0.1, -0.05) is 0 Å². The molecular formula is C20H19F3N8O. The van der Waals surface area contributed by atoms with Gasteiger partial charge in [0, 0.05) is 17.1 Å². The third-order valence-corrected chi connectivity index (χ3v) is 4.35. The molecule has 32 heavy (non-hydrogen) atoms. The van der Waals surface area contributed by atoms with E-state index in [0.717, 1.165) is 22.8 Å². The molecular weight excluding hydrogens is 425 g/mol. The van der Waals surface area contributed by atoms with Crippen LogP contribution >= 0.6 is 0 Å². The van der Waals surface area contributed by atoms with Crippen LogP contribution in [0.15, 0.2) is 36.4 Å². The minimum atomic E-state index is -4.76. The zero-order valence-corrected chi connectivity index (χ0v) is 17.6. The number of rotatable bonds is 5. The van der Waals surface area contributed by atoms with E-state index in [1.54, 1.807) is 9.36 Å². The van der Waals surface area contributed by atoms with Crippen molar-refractivity contribution >= 4 is 11.6 Å². The van der Waals surface area contributed by atoms with Gasteiger partial charge in [0.15, 0.2) is 0 Å². The van der Waals surface area contributed by atoms with Crippen LogP contribution in [0.3, 0.4) is 0 Å². The first-order valence-electron chi connectivity index (χ1n) is 9.53. The molecule has 0 amide bonds. The summed E-state index contributed by atoms with van der Waals surface area (Å²) in [5.74, 6) is 0.389. The Labute approximate surface area is 180 Å². The highest BCUT2D eigenvalue weighted by Crippen LogP contribution is 2.25. The van der Waals surface area contributed by atoms with E-state index in [0.29, 0.717) is 5.69 Å². The lowest BCUT2D eigenvalue weighted by Gasteiger charge is -2.12. The van der Waals surface area contributed by atoms with E-state index in [2.05, 4.69) is 35.2 Å². The highest BCUT2D eigenvalue weighted by molar-refractivity contribution is 5.55. The first kappa shape index (κ1) is 21.3. The van der Waals surface area contributed by atoms with Gasteiger partial charge in [0.25, 0.3) is 11.9 Å². The second-order valence-electron chi connectivity index (χ2n) is 7.13. The van der Waals surface area contributed by atoms with Crippen LogP contribution in [0.1, 0.15) is 22.8 Å². The quantitative estimate of drug-likeness (QED) is 0.495.